The third-order valence-corrected chi connectivity index (χ3v) is 2.37. The highest BCUT2D eigenvalue weighted by Crippen LogP contribution is 2.27. The van der Waals surface area contributed by atoms with Gasteiger partial charge in [0.15, 0.2) is 5.96 Å². The Morgan fingerprint density at radius 1 is 1.47 bits per heavy atom. The second kappa shape index (κ2) is 5.54. The zero-order chi connectivity index (χ0) is 13.0. The van der Waals surface area contributed by atoms with Crippen LogP contribution in [0.25, 0.3) is 0 Å². The van der Waals surface area contributed by atoms with Crippen LogP contribution in [0.15, 0.2) is 18.2 Å². The van der Waals surface area contributed by atoms with Crippen molar-refractivity contribution in [3.63, 3.8) is 0 Å². The maximum Gasteiger partial charge on any atom is 0.325 e. The van der Waals surface area contributed by atoms with E-state index < -0.39 is 12.0 Å². The molecular weight excluding hydrogens is 240 g/mol. The average Bonchev–Trinajstić information content (AvgIpc) is 2.19. The third kappa shape index (κ3) is 3.96. The number of hydrogen-bond donors (Lipinski definition) is 4. The number of guanidine groups is 1. The van der Waals surface area contributed by atoms with Gasteiger partial charge >= 0.3 is 6.03 Å². The molecule has 5 N–H and O–H groups in total. The molecule has 1 rings (SSSR count). The number of carbonyl (C=O) groups is 1. The molecule has 0 bridgehead atoms. The van der Waals surface area contributed by atoms with E-state index in [0.29, 0.717) is 10.7 Å². The maximum absolute atomic E-state index is 11.4. The topological polar surface area (TPSA) is 91.0 Å². The smallest absolute Gasteiger partial charge is 0.325 e. The Hall–Kier alpha value is -1.75. The van der Waals surface area contributed by atoms with Gasteiger partial charge in [0.05, 0.1) is 0 Å². The predicted octanol–water partition coefficient (Wildman–Crippen LogP) is 2.48. The molecule has 0 aliphatic carbocycles. The van der Waals surface area contributed by atoms with Crippen LogP contribution in [0, 0.1) is 5.41 Å². The van der Waals surface area contributed by atoms with E-state index in [1.54, 1.807) is 18.2 Å². The Kier molecular flexibility index (Phi) is 4.34. The van der Waals surface area contributed by atoms with Crippen LogP contribution in [0.2, 0.25) is 5.02 Å². The summed E-state index contributed by atoms with van der Waals surface area (Å²) in [6.07, 6.45) is 0. The van der Waals surface area contributed by atoms with Crippen molar-refractivity contribution in [1.29, 1.82) is 5.41 Å². The van der Waals surface area contributed by atoms with Gasteiger partial charge in [-0.3, -0.25) is 10.7 Å². The molecular formula is C11H15ClN4O. The number of halogens is 1. The normalized spacial score (nSPS) is 10.1. The van der Waals surface area contributed by atoms with Gasteiger partial charge in [-0.2, -0.15) is 0 Å². The highest BCUT2D eigenvalue weighted by molar-refractivity contribution is 6.30. The Morgan fingerprint density at radius 3 is 2.65 bits per heavy atom. The number of nitrogens with two attached hydrogens (primary N) is 1. The molecule has 0 atom stereocenters. The van der Waals surface area contributed by atoms with Crippen LogP contribution < -0.4 is 16.4 Å². The standard InChI is InChI=1S/C11H15ClN4O/c1-6(2)8-5-7(12)3-4-9(8)15-11(17)16-10(13)14/h3-6H,1-2H3,(H5,13,14,15,16,17). The van der Waals surface area contributed by atoms with Gasteiger partial charge in [-0.05, 0) is 29.7 Å². The lowest BCUT2D eigenvalue weighted by molar-refractivity contribution is 0.256. The van der Waals surface area contributed by atoms with Crippen LogP contribution in [-0.2, 0) is 0 Å². The first kappa shape index (κ1) is 13.3. The van der Waals surface area contributed by atoms with Crippen LogP contribution in [0.3, 0.4) is 0 Å². The lowest BCUT2D eigenvalue weighted by atomic mass is 10.0. The van der Waals surface area contributed by atoms with Crippen molar-refractivity contribution >= 4 is 29.3 Å². The van der Waals surface area contributed by atoms with Gasteiger partial charge in [-0.25, -0.2) is 4.79 Å². The van der Waals surface area contributed by atoms with E-state index in [1.807, 2.05) is 13.8 Å². The molecule has 0 spiro atoms. The summed E-state index contributed by atoms with van der Waals surface area (Å²) in [5, 5.41) is 12.3. The van der Waals surface area contributed by atoms with Crippen molar-refractivity contribution in [3.8, 4) is 0 Å². The molecule has 5 nitrogen and oxygen atoms in total. The highest BCUT2D eigenvalue weighted by Gasteiger charge is 2.10. The molecule has 2 amide bonds. The van der Waals surface area contributed by atoms with Crippen molar-refractivity contribution in [2.24, 2.45) is 5.73 Å². The van der Waals surface area contributed by atoms with E-state index in [0.717, 1.165) is 5.56 Å². The van der Waals surface area contributed by atoms with E-state index in [-0.39, 0.29) is 5.92 Å². The maximum atomic E-state index is 11.4. The quantitative estimate of drug-likeness (QED) is 0.482. The van der Waals surface area contributed by atoms with E-state index in [9.17, 15) is 4.79 Å². The van der Waals surface area contributed by atoms with E-state index >= 15 is 0 Å². The van der Waals surface area contributed by atoms with Crippen molar-refractivity contribution < 1.29 is 4.79 Å². The fourth-order valence-corrected chi connectivity index (χ4v) is 1.58. The number of anilines is 1. The lowest BCUT2D eigenvalue weighted by Gasteiger charge is -2.14. The molecule has 0 fully saturated rings. The van der Waals surface area contributed by atoms with Gasteiger partial charge in [0.1, 0.15) is 0 Å². The Bertz CT molecular complexity index is 445. The second-order valence-electron chi connectivity index (χ2n) is 3.88. The molecule has 17 heavy (non-hydrogen) atoms. The minimum absolute atomic E-state index is 0.223. The lowest BCUT2D eigenvalue weighted by Crippen LogP contribution is -2.38. The number of rotatable bonds is 2. The van der Waals surface area contributed by atoms with Gasteiger partial charge in [0.2, 0.25) is 0 Å². The molecule has 0 aromatic heterocycles. The van der Waals surface area contributed by atoms with Crippen LogP contribution in [-0.4, -0.2) is 12.0 Å². The summed E-state index contributed by atoms with van der Waals surface area (Å²) >= 11 is 5.90. The monoisotopic (exact) mass is 254 g/mol. The van der Waals surface area contributed by atoms with Gasteiger partial charge in [-0.1, -0.05) is 25.4 Å². The predicted molar refractivity (Wildman–Crippen MR) is 69.6 cm³/mol. The van der Waals surface area contributed by atoms with E-state index in [2.05, 4.69) is 10.6 Å². The largest absolute Gasteiger partial charge is 0.370 e. The Morgan fingerprint density at radius 2 is 2.12 bits per heavy atom. The minimum atomic E-state index is -0.540. The van der Waals surface area contributed by atoms with Crippen molar-refractivity contribution in [3.05, 3.63) is 28.8 Å². The molecule has 0 saturated carbocycles. The highest BCUT2D eigenvalue weighted by atomic mass is 35.5. The molecule has 0 radical (unpaired) electrons. The van der Waals surface area contributed by atoms with Crippen LogP contribution >= 0.6 is 11.6 Å². The summed E-state index contributed by atoms with van der Waals surface area (Å²) in [5.74, 6) is -0.177. The number of hydrogen-bond acceptors (Lipinski definition) is 2. The second-order valence-corrected chi connectivity index (χ2v) is 4.32. The zero-order valence-corrected chi connectivity index (χ0v) is 10.4. The number of urea groups is 1. The van der Waals surface area contributed by atoms with Crippen molar-refractivity contribution in [2.45, 2.75) is 19.8 Å². The summed E-state index contributed by atoms with van der Waals surface area (Å²) in [7, 11) is 0. The molecule has 0 saturated heterocycles. The molecule has 1 aromatic rings. The Labute approximate surface area is 105 Å². The fourth-order valence-electron chi connectivity index (χ4n) is 1.40. The van der Waals surface area contributed by atoms with Crippen LogP contribution in [0.5, 0.6) is 0 Å². The van der Waals surface area contributed by atoms with E-state index in [1.165, 1.54) is 0 Å². The first-order valence-corrected chi connectivity index (χ1v) is 5.49. The fraction of sp³-hybridized carbons (Fsp3) is 0.273. The van der Waals surface area contributed by atoms with Gasteiger partial charge in [0, 0.05) is 10.7 Å². The summed E-state index contributed by atoms with van der Waals surface area (Å²) < 4.78 is 0. The molecule has 92 valence electrons. The molecule has 1 aromatic carbocycles. The van der Waals surface area contributed by atoms with Crippen molar-refractivity contribution in [1.82, 2.24) is 5.32 Å². The Balaban J connectivity index is 2.90. The van der Waals surface area contributed by atoms with Gasteiger partial charge in [0.25, 0.3) is 0 Å². The summed E-state index contributed by atoms with van der Waals surface area (Å²) in [5.41, 5.74) is 6.64. The molecule has 0 heterocycles. The van der Waals surface area contributed by atoms with Gasteiger partial charge < -0.3 is 11.1 Å². The van der Waals surface area contributed by atoms with Crippen LogP contribution in [0.1, 0.15) is 25.3 Å². The number of benzene rings is 1. The molecule has 6 heteroatoms. The molecule has 0 aliphatic rings. The molecule has 0 aliphatic heterocycles. The number of amides is 2. The SMILES string of the molecule is CC(C)c1cc(Cl)ccc1NC(=O)NC(=N)N. The minimum Gasteiger partial charge on any atom is -0.370 e. The molecule has 0 unspecified atom stereocenters. The van der Waals surface area contributed by atoms with Crippen molar-refractivity contribution in [2.75, 3.05) is 5.32 Å². The summed E-state index contributed by atoms with van der Waals surface area (Å²) in [6.45, 7) is 4.00. The third-order valence-electron chi connectivity index (χ3n) is 2.13. The summed E-state index contributed by atoms with van der Waals surface area (Å²) in [6, 6.07) is 4.67. The van der Waals surface area contributed by atoms with E-state index in [4.69, 9.17) is 22.7 Å². The first-order valence-electron chi connectivity index (χ1n) is 5.11. The summed E-state index contributed by atoms with van der Waals surface area (Å²) in [4.78, 5) is 11.4. The van der Waals surface area contributed by atoms with Gasteiger partial charge in [-0.15, -0.1) is 0 Å². The average molecular weight is 255 g/mol. The first-order chi connectivity index (χ1) is 7.90. The zero-order valence-electron chi connectivity index (χ0n) is 9.67. The number of nitrogens with one attached hydrogen (secondary N) is 3. The number of carbonyl (C=O) groups excluding carboxylic acids is 1. The van der Waals surface area contributed by atoms with Crippen LogP contribution in [0.4, 0.5) is 10.5 Å².